The molecule has 3 N–H and O–H groups in total. The van der Waals surface area contributed by atoms with Crippen LogP contribution in [0.2, 0.25) is 0 Å². The van der Waals surface area contributed by atoms with E-state index in [1.165, 1.54) is 23.5 Å². The fourth-order valence-electron chi connectivity index (χ4n) is 2.42. The van der Waals surface area contributed by atoms with Crippen LogP contribution in [0, 0.1) is 24.0 Å². The van der Waals surface area contributed by atoms with E-state index >= 15 is 0 Å². The van der Waals surface area contributed by atoms with E-state index < -0.39 is 29.2 Å². The quantitative estimate of drug-likeness (QED) is 0.501. The van der Waals surface area contributed by atoms with Gasteiger partial charge in [-0.15, -0.1) is 11.3 Å². The molecule has 1 aromatic carbocycles. The highest BCUT2D eigenvalue weighted by Crippen LogP contribution is 2.22. The molecule has 0 aliphatic carbocycles. The van der Waals surface area contributed by atoms with E-state index in [0.29, 0.717) is 10.4 Å². The highest BCUT2D eigenvalue weighted by Gasteiger charge is 2.16. The average Bonchev–Trinajstić information content (AvgIpc) is 3.05. The zero-order valence-electron chi connectivity index (χ0n) is 15.6. The van der Waals surface area contributed by atoms with Crippen molar-refractivity contribution in [2.75, 3.05) is 6.54 Å². The number of carbonyl (C=O) groups is 3. The van der Waals surface area contributed by atoms with E-state index in [2.05, 4.69) is 16.2 Å². The summed E-state index contributed by atoms with van der Waals surface area (Å²) in [6.07, 6.45) is 0.819. The van der Waals surface area contributed by atoms with Gasteiger partial charge in [0.25, 0.3) is 23.4 Å². The third-order valence-electron chi connectivity index (χ3n) is 3.96. The second-order valence-corrected chi connectivity index (χ2v) is 7.15. The fraction of sp³-hybridized carbons (Fsp3) is 0.278. The molecule has 10 heteroatoms. The van der Waals surface area contributed by atoms with Gasteiger partial charge in [0.2, 0.25) is 0 Å². The molecular formula is C18H20N4O5S. The monoisotopic (exact) mass is 404 g/mol. The lowest BCUT2D eigenvalue weighted by atomic mass is 10.1. The van der Waals surface area contributed by atoms with Gasteiger partial charge in [-0.3, -0.25) is 35.3 Å². The smallest absolute Gasteiger partial charge is 0.279 e. The standard InChI is InChI=1S/C18H20N4O5S/c1-4-14-11(3)7-15(28-14)18(25)21-20-16(23)9-19-17(24)12-6-5-10(2)13(8-12)22(26)27/h5-8H,4,9H2,1-3H3,(H,19,24)(H,20,23)(H,21,25). The zero-order valence-corrected chi connectivity index (χ0v) is 16.4. The van der Waals surface area contributed by atoms with Crippen molar-refractivity contribution in [3.8, 4) is 0 Å². The van der Waals surface area contributed by atoms with Gasteiger partial charge in [-0.1, -0.05) is 13.0 Å². The Hall–Kier alpha value is -3.27. The summed E-state index contributed by atoms with van der Waals surface area (Å²) in [6.45, 7) is 5.07. The molecule has 1 aromatic heterocycles. The number of rotatable bonds is 6. The highest BCUT2D eigenvalue weighted by molar-refractivity contribution is 7.14. The number of nitrogens with one attached hydrogen (secondary N) is 3. The Kier molecular flexibility index (Phi) is 6.83. The maximum Gasteiger partial charge on any atom is 0.279 e. The zero-order chi connectivity index (χ0) is 20.8. The number of carbonyl (C=O) groups excluding carboxylic acids is 3. The van der Waals surface area contributed by atoms with Crippen LogP contribution in [0.1, 0.15) is 43.0 Å². The first-order chi connectivity index (χ1) is 13.2. The molecule has 148 valence electrons. The van der Waals surface area contributed by atoms with Crippen LogP contribution in [-0.4, -0.2) is 29.2 Å². The Morgan fingerprint density at radius 2 is 1.79 bits per heavy atom. The number of nitro groups is 1. The molecule has 0 radical (unpaired) electrons. The molecule has 0 spiro atoms. The highest BCUT2D eigenvalue weighted by atomic mass is 32.1. The third-order valence-corrected chi connectivity index (χ3v) is 5.34. The molecule has 0 saturated heterocycles. The van der Waals surface area contributed by atoms with E-state index in [-0.39, 0.29) is 11.3 Å². The summed E-state index contributed by atoms with van der Waals surface area (Å²) in [6, 6.07) is 5.79. The largest absolute Gasteiger partial charge is 0.343 e. The minimum absolute atomic E-state index is 0.0651. The molecule has 0 unspecified atom stereocenters. The van der Waals surface area contributed by atoms with Crippen molar-refractivity contribution in [2.24, 2.45) is 0 Å². The SMILES string of the molecule is CCc1sc(C(=O)NNC(=O)CNC(=O)c2ccc(C)c([N+](=O)[O-])c2)cc1C. The van der Waals surface area contributed by atoms with Crippen molar-refractivity contribution in [3.63, 3.8) is 0 Å². The average molecular weight is 404 g/mol. The molecule has 0 saturated carbocycles. The van der Waals surface area contributed by atoms with Gasteiger partial charge in [-0.05, 0) is 38.0 Å². The van der Waals surface area contributed by atoms with E-state index in [1.54, 1.807) is 13.0 Å². The van der Waals surface area contributed by atoms with Crippen LogP contribution in [0.3, 0.4) is 0 Å². The lowest BCUT2D eigenvalue weighted by Gasteiger charge is -2.08. The molecule has 0 aliphatic heterocycles. The van der Waals surface area contributed by atoms with Crippen LogP contribution in [0.5, 0.6) is 0 Å². The molecule has 1 heterocycles. The summed E-state index contributed by atoms with van der Waals surface area (Å²) >= 11 is 1.35. The van der Waals surface area contributed by atoms with Gasteiger partial charge < -0.3 is 5.32 Å². The summed E-state index contributed by atoms with van der Waals surface area (Å²) in [4.78, 5) is 47.9. The first-order valence-corrected chi connectivity index (χ1v) is 9.26. The number of hydrazine groups is 1. The van der Waals surface area contributed by atoms with Crippen molar-refractivity contribution in [1.82, 2.24) is 16.2 Å². The minimum atomic E-state index is -0.633. The van der Waals surface area contributed by atoms with Crippen LogP contribution < -0.4 is 16.2 Å². The predicted octanol–water partition coefficient (Wildman–Crippen LogP) is 2.03. The summed E-state index contributed by atoms with van der Waals surface area (Å²) in [5.74, 6) is -1.71. The summed E-state index contributed by atoms with van der Waals surface area (Å²) in [5, 5.41) is 13.3. The molecule has 9 nitrogen and oxygen atoms in total. The molecule has 0 bridgehead atoms. The number of thiophene rings is 1. The molecule has 0 atom stereocenters. The number of aryl methyl sites for hydroxylation is 3. The Bertz CT molecular complexity index is 938. The van der Waals surface area contributed by atoms with Gasteiger partial charge in [0.15, 0.2) is 0 Å². The first kappa shape index (κ1) is 21.0. The Balaban J connectivity index is 1.86. The van der Waals surface area contributed by atoms with Crippen LogP contribution in [0.25, 0.3) is 0 Å². The van der Waals surface area contributed by atoms with Crippen molar-refractivity contribution >= 4 is 34.7 Å². The van der Waals surface area contributed by atoms with Gasteiger partial charge in [-0.2, -0.15) is 0 Å². The van der Waals surface area contributed by atoms with E-state index in [1.807, 2.05) is 13.8 Å². The van der Waals surface area contributed by atoms with E-state index in [4.69, 9.17) is 0 Å². The second kappa shape index (κ2) is 9.09. The van der Waals surface area contributed by atoms with Crippen molar-refractivity contribution < 1.29 is 19.3 Å². The number of hydrogen-bond donors (Lipinski definition) is 3. The summed E-state index contributed by atoms with van der Waals surface area (Å²) < 4.78 is 0. The number of nitro benzene ring substituents is 1. The minimum Gasteiger partial charge on any atom is -0.343 e. The maximum atomic E-state index is 12.1. The normalized spacial score (nSPS) is 10.2. The van der Waals surface area contributed by atoms with Crippen LogP contribution in [0.4, 0.5) is 5.69 Å². The second-order valence-electron chi connectivity index (χ2n) is 6.01. The van der Waals surface area contributed by atoms with Gasteiger partial charge >= 0.3 is 0 Å². The van der Waals surface area contributed by atoms with Gasteiger partial charge in [-0.25, -0.2) is 0 Å². The Morgan fingerprint density at radius 1 is 1.07 bits per heavy atom. The molecule has 28 heavy (non-hydrogen) atoms. The molecule has 3 amide bonds. The lowest BCUT2D eigenvalue weighted by Crippen LogP contribution is -2.46. The fourth-order valence-corrected chi connectivity index (χ4v) is 3.43. The lowest BCUT2D eigenvalue weighted by molar-refractivity contribution is -0.385. The molecule has 0 fully saturated rings. The predicted molar refractivity (Wildman–Crippen MR) is 104 cm³/mol. The van der Waals surface area contributed by atoms with E-state index in [9.17, 15) is 24.5 Å². The van der Waals surface area contributed by atoms with Crippen molar-refractivity contribution in [3.05, 3.63) is 60.8 Å². The number of benzene rings is 1. The molecule has 2 rings (SSSR count). The number of nitrogens with zero attached hydrogens (tertiary/aromatic N) is 1. The van der Waals surface area contributed by atoms with Crippen molar-refractivity contribution in [2.45, 2.75) is 27.2 Å². The molecule has 0 aliphatic rings. The Labute approximate surface area is 165 Å². The topological polar surface area (TPSA) is 130 Å². The number of amides is 3. The summed E-state index contributed by atoms with van der Waals surface area (Å²) in [7, 11) is 0. The maximum absolute atomic E-state index is 12.1. The number of hydrogen-bond acceptors (Lipinski definition) is 6. The van der Waals surface area contributed by atoms with Crippen molar-refractivity contribution in [1.29, 1.82) is 0 Å². The van der Waals surface area contributed by atoms with Gasteiger partial charge in [0.05, 0.1) is 16.3 Å². The van der Waals surface area contributed by atoms with Gasteiger partial charge in [0.1, 0.15) is 0 Å². The summed E-state index contributed by atoms with van der Waals surface area (Å²) in [5.41, 5.74) is 5.84. The van der Waals surface area contributed by atoms with E-state index in [0.717, 1.165) is 22.9 Å². The molecular weight excluding hydrogens is 384 g/mol. The third kappa shape index (κ3) is 5.13. The van der Waals surface area contributed by atoms with Crippen LogP contribution in [-0.2, 0) is 11.2 Å². The van der Waals surface area contributed by atoms with Crippen LogP contribution >= 0.6 is 11.3 Å². The first-order valence-electron chi connectivity index (χ1n) is 8.44. The van der Waals surface area contributed by atoms with Crippen LogP contribution in [0.15, 0.2) is 24.3 Å². The van der Waals surface area contributed by atoms with Gasteiger partial charge in [0, 0.05) is 22.1 Å². The molecule has 2 aromatic rings. The Morgan fingerprint density at radius 3 is 2.39 bits per heavy atom.